The fourth-order valence-electron chi connectivity index (χ4n) is 8.29. The summed E-state index contributed by atoms with van der Waals surface area (Å²) in [5.74, 6) is 0. The third-order valence-corrected chi connectivity index (χ3v) is 19.2. The van der Waals surface area contributed by atoms with Crippen molar-refractivity contribution in [1.82, 2.24) is 4.57 Å². The van der Waals surface area contributed by atoms with Gasteiger partial charge in [-0.25, -0.2) is 0 Å². The van der Waals surface area contributed by atoms with Crippen molar-refractivity contribution >= 4 is 104 Å². The first-order valence-corrected chi connectivity index (χ1v) is 17.8. The number of hydrogen-bond donors (Lipinski definition) is 0. The molecule has 0 atom stereocenters. The van der Waals surface area contributed by atoms with Crippen LogP contribution >= 0.6 is 13.9 Å². The number of rotatable bonds is 2. The first-order valence-electron chi connectivity index (χ1n) is 13.9. The van der Waals surface area contributed by atoms with Crippen molar-refractivity contribution in [3.05, 3.63) is 90.0 Å². The van der Waals surface area contributed by atoms with E-state index in [1.807, 2.05) is 0 Å². The van der Waals surface area contributed by atoms with Crippen LogP contribution in [0.3, 0.4) is 0 Å². The monoisotopic (exact) mass is 510 g/mol. The standard InChI is InChI=1S/C27H19B7N2P2/c1-27(2)19-14-13-16(38(29-32(38)30-38)35-37-33-28-34(33)37)15-22(19)31-21-10-5-8-18-17-7-3-4-11-23(17)36(26(18)21)24-12-6-9-20(27)25(24)31/h3-15H,1-2H3/q-1. The normalized spacial score (nSPS) is 23.0. The molecule has 11 heteroatoms. The molecule has 38 heavy (non-hydrogen) atoms. The van der Waals surface area contributed by atoms with Gasteiger partial charge < -0.3 is 0 Å². The molecule has 0 aliphatic carbocycles. The SMILES string of the molecule is CC1(C)c2ccc(P34(N=[P+]5B6[B-]B65)[B]B3[B-]4)cc2B2c3c(cccc31)-n1c3ccccc3c3cccc2c31. The van der Waals surface area contributed by atoms with E-state index in [1.54, 1.807) is 5.30 Å². The van der Waals surface area contributed by atoms with Gasteiger partial charge in [-0.1, -0.05) is 0 Å². The van der Waals surface area contributed by atoms with Crippen molar-refractivity contribution in [3.8, 4) is 5.69 Å². The van der Waals surface area contributed by atoms with Crippen LogP contribution in [0.1, 0.15) is 25.0 Å². The Labute approximate surface area is 226 Å². The Bertz CT molecular complexity index is 2050. The average molecular weight is 509 g/mol. The molecule has 1 aromatic heterocycles. The molecule has 2 nitrogen and oxygen atoms in total. The van der Waals surface area contributed by atoms with Crippen molar-refractivity contribution in [2.75, 3.05) is 0 Å². The summed E-state index contributed by atoms with van der Waals surface area (Å²) < 4.78 is 8.26. The Hall–Kier alpha value is -2.34. The second-order valence-electron chi connectivity index (χ2n) is 12.9. The second kappa shape index (κ2) is 5.89. The summed E-state index contributed by atoms with van der Waals surface area (Å²) in [5.41, 5.74) is 11.5. The fourth-order valence-corrected chi connectivity index (χ4v) is 17.4. The summed E-state index contributed by atoms with van der Waals surface area (Å²) in [7, 11) is 2.44. The summed E-state index contributed by atoms with van der Waals surface area (Å²) in [4.78, 5) is 0. The molecule has 5 radical (unpaired) electrons. The van der Waals surface area contributed by atoms with Crippen LogP contribution in [0.2, 0.25) is 0 Å². The van der Waals surface area contributed by atoms with Crippen LogP contribution in [0.15, 0.2) is 83.4 Å². The summed E-state index contributed by atoms with van der Waals surface area (Å²) in [6.07, 6.45) is 0.233. The van der Waals surface area contributed by atoms with Crippen molar-refractivity contribution in [3.63, 3.8) is 0 Å². The van der Waals surface area contributed by atoms with E-state index in [2.05, 4.69) is 118 Å². The first kappa shape index (κ1) is 20.6. The molecule has 0 N–H and O–H groups in total. The summed E-state index contributed by atoms with van der Waals surface area (Å²) in [5, 5.41) is 4.26. The van der Waals surface area contributed by atoms with Crippen LogP contribution in [0.25, 0.3) is 27.5 Å². The topological polar surface area (TPSA) is 17.3 Å². The maximum atomic E-state index is 5.70. The van der Waals surface area contributed by atoms with E-state index in [9.17, 15) is 0 Å². The van der Waals surface area contributed by atoms with Crippen molar-refractivity contribution in [2.24, 2.45) is 4.52 Å². The molecule has 6 aliphatic heterocycles. The Balaban J connectivity index is 1.25. The van der Waals surface area contributed by atoms with Gasteiger partial charge in [-0.3, -0.25) is 0 Å². The Morgan fingerprint density at radius 2 is 1.68 bits per heavy atom. The number of aromatic nitrogens is 1. The van der Waals surface area contributed by atoms with E-state index < -0.39 is 6.39 Å². The van der Waals surface area contributed by atoms with E-state index >= 15 is 0 Å². The van der Waals surface area contributed by atoms with Gasteiger partial charge in [0.15, 0.2) is 0 Å². The van der Waals surface area contributed by atoms with Gasteiger partial charge in [-0.2, -0.15) is 0 Å². The van der Waals surface area contributed by atoms with Gasteiger partial charge in [0.2, 0.25) is 0 Å². The first-order chi connectivity index (χ1) is 18.5. The minimum absolute atomic E-state index is 0.0518. The Morgan fingerprint density at radius 1 is 0.895 bits per heavy atom. The number of fused-ring (bicyclic) bond motifs is 9. The third-order valence-electron chi connectivity index (χ3n) is 10.7. The molecule has 5 aromatic rings. The van der Waals surface area contributed by atoms with Crippen molar-refractivity contribution in [2.45, 2.75) is 19.3 Å². The third kappa shape index (κ3) is 2.07. The van der Waals surface area contributed by atoms with Gasteiger partial charge in [0.05, 0.1) is 0 Å². The maximum absolute atomic E-state index is 5.70. The van der Waals surface area contributed by atoms with Crippen LogP contribution in [0.4, 0.5) is 0 Å². The zero-order valence-electron chi connectivity index (χ0n) is 21.3. The van der Waals surface area contributed by atoms with Gasteiger partial charge >= 0.3 is 228 Å². The molecule has 4 fully saturated rings. The van der Waals surface area contributed by atoms with Gasteiger partial charge in [0.25, 0.3) is 0 Å². The summed E-state index contributed by atoms with van der Waals surface area (Å²) in [6.45, 7) is 10.4. The quantitative estimate of drug-likeness (QED) is 0.253. The van der Waals surface area contributed by atoms with Crippen molar-refractivity contribution < 1.29 is 0 Å². The van der Waals surface area contributed by atoms with Gasteiger partial charge in [-0.15, -0.1) is 0 Å². The molecule has 4 aromatic carbocycles. The molecule has 6 aliphatic rings. The minimum atomic E-state index is -2.18. The number of nitrogens with zero attached hydrogens (tertiary/aromatic N) is 2. The molecule has 0 amide bonds. The van der Waals surface area contributed by atoms with Crippen LogP contribution in [-0.2, 0) is 5.41 Å². The zero-order valence-corrected chi connectivity index (χ0v) is 23.1. The molecule has 7 heterocycles. The van der Waals surface area contributed by atoms with Gasteiger partial charge in [-0.05, 0) is 0 Å². The fraction of sp³-hybridized carbons (Fsp3) is 0.111. The number of para-hydroxylation sites is 2. The molecule has 0 spiro atoms. The predicted molar refractivity (Wildman–Crippen MR) is 174 cm³/mol. The molecule has 0 bridgehead atoms. The molecular weight excluding hydrogens is 490 g/mol. The zero-order chi connectivity index (χ0) is 24.8. The van der Waals surface area contributed by atoms with E-state index in [0.717, 1.165) is 12.4 Å². The van der Waals surface area contributed by atoms with E-state index in [-0.39, 0.29) is 19.6 Å². The van der Waals surface area contributed by atoms with E-state index in [4.69, 9.17) is 4.52 Å². The van der Waals surface area contributed by atoms with E-state index in [0.29, 0.717) is 6.21 Å². The second-order valence-corrected chi connectivity index (χ2v) is 19.8. The molecule has 169 valence electrons. The molecule has 0 unspecified atom stereocenters. The van der Waals surface area contributed by atoms with Crippen LogP contribution < -0.4 is 21.7 Å². The molecule has 0 saturated carbocycles. The molecule has 11 rings (SSSR count). The Morgan fingerprint density at radius 3 is 2.47 bits per heavy atom. The number of benzene rings is 4. The predicted octanol–water partition coefficient (Wildman–Crippen LogP) is 3.05. The summed E-state index contributed by atoms with van der Waals surface area (Å²) >= 11 is 0. The molecule has 4 saturated heterocycles. The average Bonchev–Trinajstić information content (AvgIpc) is 3.83. The van der Waals surface area contributed by atoms with Crippen molar-refractivity contribution in [1.29, 1.82) is 0 Å². The van der Waals surface area contributed by atoms with Crippen LogP contribution in [0.5, 0.6) is 0 Å². The molecular formula is C27H19B7N2P2-. The van der Waals surface area contributed by atoms with Crippen LogP contribution in [-0.4, -0.2) is 50.8 Å². The van der Waals surface area contributed by atoms with Gasteiger partial charge in [0.1, 0.15) is 0 Å². The van der Waals surface area contributed by atoms with Gasteiger partial charge in [0, 0.05) is 0 Å². The summed E-state index contributed by atoms with van der Waals surface area (Å²) in [6, 6.07) is 30.6. The van der Waals surface area contributed by atoms with Crippen LogP contribution in [0, 0.1) is 0 Å². The van der Waals surface area contributed by atoms with E-state index in [1.165, 1.54) is 55.0 Å². The number of hydrogen-bond acceptors (Lipinski definition) is 1. The Kier molecular flexibility index (Phi) is 3.19.